The molecule has 0 atom stereocenters. The highest BCUT2D eigenvalue weighted by Gasteiger charge is 2.20. The maximum atomic E-state index is 11.6. The molecule has 1 aliphatic heterocycles. The van der Waals surface area contributed by atoms with E-state index in [-0.39, 0.29) is 6.61 Å². The Morgan fingerprint density at radius 1 is 1.11 bits per heavy atom. The Balaban J connectivity index is 1.11. The first-order chi connectivity index (χ1) is 18.6. The van der Waals surface area contributed by atoms with Gasteiger partial charge in [-0.3, -0.25) is 4.90 Å². The van der Waals surface area contributed by atoms with Crippen molar-refractivity contribution in [2.75, 3.05) is 50.8 Å². The summed E-state index contributed by atoms with van der Waals surface area (Å²) in [5.74, 6) is 0.920. The van der Waals surface area contributed by atoms with Crippen molar-refractivity contribution in [3.63, 3.8) is 0 Å². The van der Waals surface area contributed by atoms with E-state index >= 15 is 0 Å². The largest absolute Gasteiger partial charge is 0.466 e. The van der Waals surface area contributed by atoms with Crippen molar-refractivity contribution >= 4 is 33.6 Å². The minimum atomic E-state index is -0.408. The van der Waals surface area contributed by atoms with Crippen LogP contribution in [0.2, 0.25) is 0 Å². The number of hydrogen-bond donors (Lipinski definition) is 1. The molecule has 9 heteroatoms. The third-order valence-electron chi connectivity index (χ3n) is 6.95. The number of anilines is 1. The Morgan fingerprint density at radius 3 is 2.79 bits per heavy atom. The number of carbonyl (C=O) groups is 1. The van der Waals surface area contributed by atoms with Crippen LogP contribution in [0.15, 0.2) is 48.8 Å². The summed E-state index contributed by atoms with van der Waals surface area (Å²) in [6, 6.07) is 13.6. The minimum absolute atomic E-state index is 0.157. The predicted molar refractivity (Wildman–Crippen MR) is 146 cm³/mol. The number of hydrogen-bond acceptors (Lipinski definition) is 8. The molecule has 1 fully saturated rings. The van der Waals surface area contributed by atoms with E-state index in [4.69, 9.17) is 9.47 Å². The van der Waals surface area contributed by atoms with E-state index < -0.39 is 5.97 Å². The van der Waals surface area contributed by atoms with Gasteiger partial charge in [-0.05, 0) is 68.6 Å². The van der Waals surface area contributed by atoms with Gasteiger partial charge in [-0.15, -0.1) is 0 Å². The lowest BCUT2D eigenvalue weighted by Crippen LogP contribution is -2.47. The third-order valence-corrected chi connectivity index (χ3v) is 6.95. The van der Waals surface area contributed by atoms with Crippen molar-refractivity contribution in [1.82, 2.24) is 19.9 Å². The average molecular weight is 513 g/mol. The first-order valence-electron chi connectivity index (χ1n) is 13.2. The number of ether oxygens (including phenoxy) is 2. The van der Waals surface area contributed by atoms with E-state index in [1.165, 1.54) is 5.56 Å². The number of nitrogens with one attached hydrogen (secondary N) is 1. The van der Waals surface area contributed by atoms with E-state index in [0.29, 0.717) is 18.1 Å². The Morgan fingerprint density at radius 2 is 1.97 bits per heavy atom. The highest BCUT2D eigenvalue weighted by Crippen LogP contribution is 2.26. The van der Waals surface area contributed by atoms with Gasteiger partial charge in [0.05, 0.1) is 23.8 Å². The number of H-pyrrole nitrogens is 1. The van der Waals surface area contributed by atoms with Crippen LogP contribution in [0, 0.1) is 11.3 Å². The summed E-state index contributed by atoms with van der Waals surface area (Å²) in [7, 11) is 0. The summed E-state index contributed by atoms with van der Waals surface area (Å²) in [5.41, 5.74) is 3.87. The molecule has 9 nitrogen and oxygen atoms in total. The number of pyridine rings is 2. The number of piperazine rings is 1. The number of fused-ring (bicyclic) bond motifs is 2. The van der Waals surface area contributed by atoms with Gasteiger partial charge in [-0.25, -0.2) is 14.8 Å². The van der Waals surface area contributed by atoms with Gasteiger partial charge < -0.3 is 19.4 Å². The number of esters is 1. The zero-order chi connectivity index (χ0) is 26.3. The van der Waals surface area contributed by atoms with Gasteiger partial charge in [0.25, 0.3) is 0 Å². The van der Waals surface area contributed by atoms with Gasteiger partial charge in [0, 0.05) is 60.9 Å². The van der Waals surface area contributed by atoms with Gasteiger partial charge >= 0.3 is 5.97 Å². The number of aromatic amines is 1. The molecule has 4 aromatic rings. The van der Waals surface area contributed by atoms with Crippen LogP contribution in [-0.4, -0.2) is 71.8 Å². The Bertz CT molecular complexity index is 1450. The molecule has 0 aliphatic carbocycles. The van der Waals surface area contributed by atoms with E-state index in [9.17, 15) is 10.1 Å². The molecule has 0 radical (unpaired) electrons. The van der Waals surface area contributed by atoms with Gasteiger partial charge in [0.15, 0.2) is 6.61 Å². The van der Waals surface area contributed by atoms with Gasteiger partial charge in [0.2, 0.25) is 5.88 Å². The van der Waals surface area contributed by atoms with Crippen LogP contribution >= 0.6 is 0 Å². The lowest BCUT2D eigenvalue weighted by atomic mass is 10.1. The number of nitrogens with zero attached hydrogens (tertiary/aromatic N) is 5. The molecule has 0 saturated carbocycles. The van der Waals surface area contributed by atoms with Crippen molar-refractivity contribution in [3.05, 3.63) is 59.9 Å². The second kappa shape index (κ2) is 11.9. The number of unbranched alkanes of at least 4 members (excludes halogenated alkanes) is 1. The quantitative estimate of drug-likeness (QED) is 0.250. The summed E-state index contributed by atoms with van der Waals surface area (Å²) >= 11 is 0. The van der Waals surface area contributed by atoms with Gasteiger partial charge in [-0.2, -0.15) is 5.26 Å². The van der Waals surface area contributed by atoms with E-state index in [0.717, 1.165) is 79.6 Å². The van der Waals surface area contributed by atoms with Gasteiger partial charge in [-0.1, -0.05) is 0 Å². The van der Waals surface area contributed by atoms with Crippen LogP contribution < -0.4 is 9.64 Å². The molecule has 0 bridgehead atoms. The number of carbonyl (C=O) groups excluding carboxylic acids is 1. The summed E-state index contributed by atoms with van der Waals surface area (Å²) in [4.78, 5) is 28.9. The summed E-state index contributed by atoms with van der Waals surface area (Å²) in [6.07, 6.45) is 7.10. The lowest BCUT2D eigenvalue weighted by molar-refractivity contribution is -0.145. The number of aromatic nitrogens is 3. The number of benzene rings is 1. The molecule has 38 heavy (non-hydrogen) atoms. The van der Waals surface area contributed by atoms with Crippen LogP contribution in [0.4, 0.5) is 5.82 Å². The van der Waals surface area contributed by atoms with Crippen LogP contribution in [0.25, 0.3) is 21.8 Å². The molecule has 1 N–H and O–H groups in total. The van der Waals surface area contributed by atoms with Gasteiger partial charge in [0.1, 0.15) is 5.82 Å². The molecular formula is C29H32N6O3. The summed E-state index contributed by atoms with van der Waals surface area (Å²) in [6.45, 7) is 6.81. The predicted octanol–water partition coefficient (Wildman–Crippen LogP) is 4.07. The molecule has 1 aliphatic rings. The fourth-order valence-electron chi connectivity index (χ4n) is 4.98. The first kappa shape index (κ1) is 25.5. The molecule has 196 valence electrons. The SMILES string of the molecule is CCOC(=O)COc1ccc2c(N3CCN(CCCCc4c[nH]c5ccc(C#N)cc45)CC3)nccc2n1. The van der Waals surface area contributed by atoms with Crippen molar-refractivity contribution in [2.45, 2.75) is 26.2 Å². The maximum Gasteiger partial charge on any atom is 0.344 e. The number of nitriles is 1. The Hall–Kier alpha value is -4.16. The summed E-state index contributed by atoms with van der Waals surface area (Å²) in [5, 5.41) is 11.3. The zero-order valence-corrected chi connectivity index (χ0v) is 21.7. The average Bonchev–Trinajstić information content (AvgIpc) is 3.36. The Kier molecular flexibility index (Phi) is 8.00. The highest BCUT2D eigenvalue weighted by atomic mass is 16.6. The lowest BCUT2D eigenvalue weighted by Gasteiger charge is -2.35. The van der Waals surface area contributed by atoms with E-state index in [1.807, 2.05) is 30.3 Å². The third kappa shape index (κ3) is 5.87. The maximum absolute atomic E-state index is 11.6. The molecule has 3 aromatic heterocycles. The van der Waals surface area contributed by atoms with E-state index in [1.54, 1.807) is 19.2 Å². The van der Waals surface area contributed by atoms with Crippen molar-refractivity contribution in [1.29, 1.82) is 5.26 Å². The van der Waals surface area contributed by atoms with Crippen molar-refractivity contribution < 1.29 is 14.3 Å². The molecule has 0 unspecified atom stereocenters. The smallest absolute Gasteiger partial charge is 0.344 e. The number of aryl methyl sites for hydroxylation is 1. The molecule has 1 saturated heterocycles. The van der Waals surface area contributed by atoms with Crippen molar-refractivity contribution in [2.24, 2.45) is 0 Å². The van der Waals surface area contributed by atoms with Crippen molar-refractivity contribution in [3.8, 4) is 11.9 Å². The minimum Gasteiger partial charge on any atom is -0.466 e. The second-order valence-electron chi connectivity index (χ2n) is 9.42. The second-order valence-corrected chi connectivity index (χ2v) is 9.42. The molecule has 0 spiro atoms. The molecule has 1 aromatic carbocycles. The fourth-order valence-corrected chi connectivity index (χ4v) is 4.98. The number of rotatable bonds is 10. The van der Waals surface area contributed by atoms with Crippen LogP contribution in [0.5, 0.6) is 5.88 Å². The highest BCUT2D eigenvalue weighted by molar-refractivity contribution is 5.90. The van der Waals surface area contributed by atoms with Crippen LogP contribution in [-0.2, 0) is 16.0 Å². The van der Waals surface area contributed by atoms with Crippen LogP contribution in [0.1, 0.15) is 30.9 Å². The topological polar surface area (TPSA) is 107 Å². The zero-order valence-electron chi connectivity index (χ0n) is 21.7. The monoisotopic (exact) mass is 512 g/mol. The standard InChI is InChI=1S/C29H32N6O3/c1-2-37-28(36)20-38-27-9-7-23-26(33-27)10-11-31-29(23)35-15-13-34(14-16-35)12-4-3-5-22-19-32-25-8-6-21(18-30)17-24(22)25/h6-11,17,19,32H,2-5,12-16,20H2,1H3. The molecule has 4 heterocycles. The van der Waals surface area contributed by atoms with E-state index in [2.05, 4.69) is 37.0 Å². The normalized spacial score (nSPS) is 14.1. The molecule has 5 rings (SSSR count). The molecular weight excluding hydrogens is 480 g/mol. The van der Waals surface area contributed by atoms with Crippen LogP contribution in [0.3, 0.4) is 0 Å². The first-order valence-corrected chi connectivity index (χ1v) is 13.2. The fraction of sp³-hybridized carbons (Fsp3) is 0.379. The summed E-state index contributed by atoms with van der Waals surface area (Å²) < 4.78 is 10.4. The molecule has 0 amide bonds. The Labute approximate surface area is 222 Å².